The van der Waals surface area contributed by atoms with Crippen molar-refractivity contribution in [2.24, 2.45) is 0 Å². The highest BCUT2D eigenvalue weighted by Crippen LogP contribution is 2.29. The van der Waals surface area contributed by atoms with E-state index in [4.69, 9.17) is 16.0 Å². The van der Waals surface area contributed by atoms with Gasteiger partial charge in [-0.2, -0.15) is 0 Å². The van der Waals surface area contributed by atoms with Gasteiger partial charge in [0.1, 0.15) is 5.02 Å². The number of nitro groups is 1. The average Bonchev–Trinajstić information content (AvgIpc) is 3.37. The van der Waals surface area contributed by atoms with Crippen molar-refractivity contribution < 1.29 is 18.9 Å². The number of carbonyl (C=O) groups is 2. The molecule has 0 atom stereocenters. The summed E-state index contributed by atoms with van der Waals surface area (Å²) < 4.78 is 5.77. The quantitative estimate of drug-likeness (QED) is 0.332. The Labute approximate surface area is 177 Å². The summed E-state index contributed by atoms with van der Waals surface area (Å²) in [4.78, 5) is 39.2. The van der Waals surface area contributed by atoms with Crippen LogP contribution >= 0.6 is 22.9 Å². The minimum Gasteiger partial charge on any atom is -0.459 e. The Balaban J connectivity index is 1.52. The fraction of sp³-hybridized carbons (Fsp3) is 0. The second-order valence-corrected chi connectivity index (χ2v) is 7.45. The molecular formula is C19H11ClN4O5S. The van der Waals surface area contributed by atoms with Gasteiger partial charge in [-0.05, 0) is 42.5 Å². The molecule has 0 saturated carbocycles. The number of halogens is 1. The lowest BCUT2D eigenvalue weighted by Crippen LogP contribution is -2.12. The molecule has 0 fully saturated rings. The van der Waals surface area contributed by atoms with Crippen molar-refractivity contribution in [2.45, 2.75) is 0 Å². The van der Waals surface area contributed by atoms with E-state index in [2.05, 4.69) is 15.6 Å². The third-order valence-electron chi connectivity index (χ3n) is 4.02. The first kappa shape index (κ1) is 19.6. The van der Waals surface area contributed by atoms with Crippen molar-refractivity contribution in [3.05, 3.63) is 81.3 Å². The molecule has 0 radical (unpaired) electrons. The molecule has 0 unspecified atom stereocenters. The number of benzene rings is 2. The van der Waals surface area contributed by atoms with Crippen molar-refractivity contribution >= 4 is 61.5 Å². The minimum absolute atomic E-state index is 0.0493. The average molecular weight is 443 g/mol. The zero-order valence-corrected chi connectivity index (χ0v) is 16.5. The number of hydrogen-bond donors (Lipinski definition) is 2. The number of amides is 2. The van der Waals surface area contributed by atoms with E-state index < -0.39 is 16.7 Å². The Morgan fingerprint density at radius 2 is 1.93 bits per heavy atom. The van der Waals surface area contributed by atoms with Gasteiger partial charge in [0.05, 0.1) is 21.4 Å². The summed E-state index contributed by atoms with van der Waals surface area (Å²) in [7, 11) is 0. The van der Waals surface area contributed by atoms with Gasteiger partial charge in [-0.25, -0.2) is 4.98 Å². The number of fused-ring (bicyclic) bond motifs is 1. The first-order valence-corrected chi connectivity index (χ1v) is 9.61. The molecule has 30 heavy (non-hydrogen) atoms. The largest absolute Gasteiger partial charge is 0.459 e. The molecule has 2 aromatic carbocycles. The maximum Gasteiger partial charge on any atom is 0.293 e. The Hall–Kier alpha value is -3.76. The number of carbonyl (C=O) groups excluding carboxylic acids is 2. The van der Waals surface area contributed by atoms with E-state index in [1.165, 1.54) is 35.8 Å². The number of nitrogens with zero attached hydrogens (tertiary/aromatic N) is 2. The van der Waals surface area contributed by atoms with E-state index in [0.29, 0.717) is 16.3 Å². The van der Waals surface area contributed by atoms with Gasteiger partial charge in [0.15, 0.2) is 10.9 Å². The van der Waals surface area contributed by atoms with Gasteiger partial charge >= 0.3 is 0 Å². The van der Waals surface area contributed by atoms with Gasteiger partial charge in [-0.15, -0.1) is 0 Å². The van der Waals surface area contributed by atoms with Crippen LogP contribution in [0.3, 0.4) is 0 Å². The normalized spacial score (nSPS) is 10.7. The van der Waals surface area contributed by atoms with Crippen LogP contribution in [0.15, 0.2) is 59.2 Å². The van der Waals surface area contributed by atoms with Crippen LogP contribution in [-0.4, -0.2) is 21.7 Å². The zero-order chi connectivity index (χ0) is 21.3. The predicted molar refractivity (Wildman–Crippen MR) is 112 cm³/mol. The standard InChI is InChI=1S/C19H11ClN4O5S/c20-12-5-3-10(8-14(12)24(27)28)17(25)21-11-4-6-13-16(9-11)30-19(22-13)23-18(26)15-2-1-7-29-15/h1-9H,(H,21,25)(H,22,23,26). The van der Waals surface area contributed by atoms with Crippen LogP contribution in [0.1, 0.15) is 20.9 Å². The van der Waals surface area contributed by atoms with E-state index in [1.54, 1.807) is 24.3 Å². The maximum absolute atomic E-state index is 12.5. The van der Waals surface area contributed by atoms with E-state index in [-0.39, 0.29) is 22.0 Å². The number of anilines is 2. The van der Waals surface area contributed by atoms with Crippen LogP contribution in [-0.2, 0) is 0 Å². The van der Waals surface area contributed by atoms with Crippen molar-refractivity contribution in [1.82, 2.24) is 4.98 Å². The summed E-state index contributed by atoms with van der Waals surface area (Å²) in [5.74, 6) is -0.777. The van der Waals surface area contributed by atoms with Crippen molar-refractivity contribution in [2.75, 3.05) is 10.6 Å². The fourth-order valence-electron chi connectivity index (χ4n) is 2.62. The second-order valence-electron chi connectivity index (χ2n) is 6.01. The molecule has 0 spiro atoms. The third kappa shape index (κ3) is 4.00. The number of thiazole rings is 1. The van der Waals surface area contributed by atoms with Gasteiger partial charge in [-0.3, -0.25) is 25.0 Å². The number of hydrogen-bond acceptors (Lipinski definition) is 7. The maximum atomic E-state index is 12.5. The summed E-state index contributed by atoms with van der Waals surface area (Å²) in [5, 5.41) is 16.7. The first-order chi connectivity index (χ1) is 14.4. The Kier molecular flexibility index (Phi) is 5.17. The summed E-state index contributed by atoms with van der Waals surface area (Å²) in [6, 6.07) is 12.0. The van der Waals surface area contributed by atoms with Crippen LogP contribution in [0, 0.1) is 10.1 Å². The monoisotopic (exact) mass is 442 g/mol. The molecule has 2 aromatic heterocycles. The summed E-state index contributed by atoms with van der Waals surface area (Å²) in [6.07, 6.45) is 1.40. The minimum atomic E-state index is -0.652. The second kappa shape index (κ2) is 7.93. The first-order valence-electron chi connectivity index (χ1n) is 8.41. The molecule has 0 aliphatic heterocycles. The molecule has 150 valence electrons. The molecule has 2 N–H and O–H groups in total. The van der Waals surface area contributed by atoms with Crippen LogP contribution in [0.25, 0.3) is 10.2 Å². The number of nitro benzene ring substituents is 1. The fourth-order valence-corrected chi connectivity index (χ4v) is 3.71. The summed E-state index contributed by atoms with van der Waals surface area (Å²) >= 11 is 7.00. The van der Waals surface area contributed by atoms with Crippen molar-refractivity contribution in [3.8, 4) is 0 Å². The molecule has 9 nitrogen and oxygen atoms in total. The molecule has 4 aromatic rings. The Bertz CT molecular complexity index is 1290. The van der Waals surface area contributed by atoms with Crippen LogP contribution in [0.5, 0.6) is 0 Å². The topological polar surface area (TPSA) is 127 Å². The van der Waals surface area contributed by atoms with Crippen molar-refractivity contribution in [1.29, 1.82) is 0 Å². The van der Waals surface area contributed by atoms with Gasteiger partial charge in [-0.1, -0.05) is 22.9 Å². The Morgan fingerprint density at radius 1 is 1.10 bits per heavy atom. The van der Waals surface area contributed by atoms with Gasteiger partial charge in [0.25, 0.3) is 17.5 Å². The summed E-state index contributed by atoms with van der Waals surface area (Å²) in [6.45, 7) is 0. The van der Waals surface area contributed by atoms with Crippen LogP contribution in [0.4, 0.5) is 16.5 Å². The van der Waals surface area contributed by atoms with E-state index >= 15 is 0 Å². The molecular weight excluding hydrogens is 432 g/mol. The van der Waals surface area contributed by atoms with Crippen molar-refractivity contribution in [3.63, 3.8) is 0 Å². The Morgan fingerprint density at radius 3 is 2.67 bits per heavy atom. The highest BCUT2D eigenvalue weighted by Gasteiger charge is 2.17. The molecule has 0 bridgehead atoms. The van der Waals surface area contributed by atoms with Crippen LogP contribution < -0.4 is 10.6 Å². The number of aromatic nitrogens is 1. The van der Waals surface area contributed by atoms with E-state index in [0.717, 1.165) is 10.8 Å². The summed E-state index contributed by atoms with van der Waals surface area (Å²) in [5.41, 5.74) is 0.855. The van der Waals surface area contributed by atoms with E-state index in [1.807, 2.05) is 0 Å². The molecule has 4 rings (SSSR count). The zero-order valence-electron chi connectivity index (χ0n) is 14.9. The van der Waals surface area contributed by atoms with Gasteiger partial charge < -0.3 is 9.73 Å². The highest BCUT2D eigenvalue weighted by atomic mass is 35.5. The lowest BCUT2D eigenvalue weighted by Gasteiger charge is -2.05. The lowest BCUT2D eigenvalue weighted by molar-refractivity contribution is -0.384. The van der Waals surface area contributed by atoms with Crippen LogP contribution in [0.2, 0.25) is 5.02 Å². The molecule has 2 amide bonds. The molecule has 11 heteroatoms. The molecule has 2 heterocycles. The van der Waals surface area contributed by atoms with Gasteiger partial charge in [0, 0.05) is 17.3 Å². The molecule has 0 aliphatic rings. The van der Waals surface area contributed by atoms with E-state index in [9.17, 15) is 19.7 Å². The van der Waals surface area contributed by atoms with Gasteiger partial charge in [0.2, 0.25) is 0 Å². The lowest BCUT2D eigenvalue weighted by atomic mass is 10.2. The highest BCUT2D eigenvalue weighted by molar-refractivity contribution is 7.22. The smallest absolute Gasteiger partial charge is 0.293 e. The number of rotatable bonds is 5. The molecule has 0 aliphatic carbocycles. The SMILES string of the molecule is O=C(Nc1ccc2nc(NC(=O)c3ccco3)sc2c1)c1ccc(Cl)c([N+](=O)[O-])c1. The third-order valence-corrected chi connectivity index (χ3v) is 5.27. The predicted octanol–water partition coefficient (Wildman–Crippen LogP) is 4.96. The number of nitrogens with one attached hydrogen (secondary N) is 2. The number of furan rings is 1. The molecule has 0 saturated heterocycles.